The van der Waals surface area contributed by atoms with Crippen molar-refractivity contribution < 1.29 is 13.9 Å². The third-order valence-corrected chi connectivity index (χ3v) is 3.75. The van der Waals surface area contributed by atoms with Crippen LogP contribution >= 0.6 is 0 Å². The number of halogens is 1. The number of benzene rings is 2. The maximum absolute atomic E-state index is 13.2. The lowest BCUT2D eigenvalue weighted by Crippen LogP contribution is -2.27. The second-order valence-corrected chi connectivity index (χ2v) is 4.93. The van der Waals surface area contributed by atoms with Gasteiger partial charge in [-0.1, -0.05) is 30.3 Å². The van der Waals surface area contributed by atoms with Gasteiger partial charge in [0.2, 0.25) is 0 Å². The normalized spacial score (nSPS) is 19.7. The summed E-state index contributed by atoms with van der Waals surface area (Å²) in [5.41, 5.74) is 0.908. The fourth-order valence-corrected chi connectivity index (χ4v) is 2.78. The number of ether oxygens (including phenoxy) is 1. The molecule has 3 nitrogen and oxygen atoms in total. The summed E-state index contributed by atoms with van der Waals surface area (Å²) in [5.74, 6) is -0.764. The highest BCUT2D eigenvalue weighted by Crippen LogP contribution is 2.45. The van der Waals surface area contributed by atoms with E-state index in [2.05, 4.69) is 6.07 Å². The molecular weight excluding hydrogens is 269 g/mol. The van der Waals surface area contributed by atoms with E-state index in [1.165, 1.54) is 12.1 Å². The van der Waals surface area contributed by atoms with Crippen LogP contribution in [0.4, 0.5) is 4.39 Å². The molecule has 0 bridgehead atoms. The monoisotopic (exact) mass is 281 g/mol. The van der Waals surface area contributed by atoms with Crippen LogP contribution in [0.1, 0.15) is 34.3 Å². The van der Waals surface area contributed by atoms with Gasteiger partial charge in [0.05, 0.1) is 11.6 Å². The highest BCUT2D eigenvalue weighted by molar-refractivity contribution is 5.95. The minimum atomic E-state index is -1.00. The number of rotatable bonds is 3. The predicted octanol–water partition coefficient (Wildman–Crippen LogP) is 3.54. The summed E-state index contributed by atoms with van der Waals surface area (Å²) >= 11 is 0. The second kappa shape index (κ2) is 5.02. The third-order valence-electron chi connectivity index (χ3n) is 3.75. The van der Waals surface area contributed by atoms with E-state index in [0.29, 0.717) is 17.5 Å². The molecule has 1 unspecified atom stereocenters. The zero-order chi connectivity index (χ0) is 14.9. The van der Waals surface area contributed by atoms with Crippen LogP contribution in [0.3, 0.4) is 0 Å². The molecule has 1 aliphatic rings. The molecule has 2 aromatic carbocycles. The summed E-state index contributed by atoms with van der Waals surface area (Å²) in [6.45, 7) is 0. The summed E-state index contributed by atoms with van der Waals surface area (Å²) in [6.07, 6.45) is 0.580. The molecule has 0 fully saturated rings. The molecule has 1 heterocycles. The van der Waals surface area contributed by atoms with Crippen molar-refractivity contribution in [3.8, 4) is 6.07 Å². The van der Waals surface area contributed by atoms with Crippen molar-refractivity contribution >= 4 is 5.97 Å². The molecule has 104 valence electrons. The molecule has 1 atom stereocenters. The largest absolute Gasteiger partial charge is 0.446 e. The summed E-state index contributed by atoms with van der Waals surface area (Å²) < 4.78 is 18.8. The fourth-order valence-electron chi connectivity index (χ4n) is 2.78. The number of hydrogen-bond acceptors (Lipinski definition) is 3. The van der Waals surface area contributed by atoms with Crippen molar-refractivity contribution in [3.63, 3.8) is 0 Å². The topological polar surface area (TPSA) is 50.1 Å². The van der Waals surface area contributed by atoms with Crippen molar-refractivity contribution in [2.75, 3.05) is 0 Å². The first-order valence-electron chi connectivity index (χ1n) is 6.63. The molecular formula is C17H12FNO2. The van der Waals surface area contributed by atoms with Crippen LogP contribution in [0.2, 0.25) is 0 Å². The van der Waals surface area contributed by atoms with Gasteiger partial charge in [0.15, 0.2) is 5.60 Å². The number of cyclic esters (lactones) is 1. The molecule has 2 aromatic rings. The van der Waals surface area contributed by atoms with Crippen LogP contribution in [0.5, 0.6) is 0 Å². The van der Waals surface area contributed by atoms with E-state index in [1.807, 2.05) is 12.1 Å². The van der Waals surface area contributed by atoms with Crippen LogP contribution in [-0.2, 0) is 10.3 Å². The van der Waals surface area contributed by atoms with Gasteiger partial charge in [-0.15, -0.1) is 0 Å². The first kappa shape index (κ1) is 13.3. The Balaban J connectivity index is 2.18. The quantitative estimate of drug-likeness (QED) is 0.808. The van der Waals surface area contributed by atoms with E-state index < -0.39 is 11.6 Å². The number of esters is 1. The molecule has 0 amide bonds. The number of fused-ring (bicyclic) bond motifs is 1. The van der Waals surface area contributed by atoms with Gasteiger partial charge < -0.3 is 4.74 Å². The molecule has 1 aliphatic heterocycles. The maximum Gasteiger partial charge on any atom is 0.339 e. The van der Waals surface area contributed by atoms with Crippen molar-refractivity contribution in [2.24, 2.45) is 0 Å². The zero-order valence-electron chi connectivity index (χ0n) is 11.2. The Kier molecular flexibility index (Phi) is 3.19. The van der Waals surface area contributed by atoms with E-state index in [9.17, 15) is 9.18 Å². The SMILES string of the molecule is N#CCCC1(c2ccc(F)cc2)OC(=O)c2ccccc21. The highest BCUT2D eigenvalue weighted by atomic mass is 19.1. The Morgan fingerprint density at radius 2 is 1.86 bits per heavy atom. The van der Waals surface area contributed by atoms with Gasteiger partial charge in [-0.3, -0.25) is 0 Å². The molecule has 21 heavy (non-hydrogen) atoms. The Labute approximate surface area is 121 Å². The van der Waals surface area contributed by atoms with Crippen molar-refractivity contribution in [2.45, 2.75) is 18.4 Å². The number of carbonyl (C=O) groups excluding carboxylic acids is 1. The number of hydrogen-bond donors (Lipinski definition) is 0. The summed E-state index contributed by atoms with van der Waals surface area (Å²) in [4.78, 5) is 12.1. The summed E-state index contributed by atoms with van der Waals surface area (Å²) in [5, 5.41) is 8.90. The first-order chi connectivity index (χ1) is 10.2. The van der Waals surface area contributed by atoms with Crippen LogP contribution < -0.4 is 0 Å². The molecule has 0 aromatic heterocycles. The zero-order valence-corrected chi connectivity index (χ0v) is 11.2. The lowest BCUT2D eigenvalue weighted by Gasteiger charge is -2.28. The van der Waals surface area contributed by atoms with Crippen molar-refractivity contribution in [1.82, 2.24) is 0 Å². The number of nitrogens with zero attached hydrogens (tertiary/aromatic N) is 1. The van der Waals surface area contributed by atoms with E-state index in [4.69, 9.17) is 10.00 Å². The van der Waals surface area contributed by atoms with Gasteiger partial charge in [0.25, 0.3) is 0 Å². The molecule has 0 radical (unpaired) electrons. The van der Waals surface area contributed by atoms with Gasteiger partial charge in [-0.05, 0) is 18.2 Å². The number of nitriles is 1. The average Bonchev–Trinajstić information content (AvgIpc) is 2.80. The van der Waals surface area contributed by atoms with Crippen molar-refractivity contribution in [1.29, 1.82) is 5.26 Å². The fraction of sp³-hybridized carbons (Fsp3) is 0.176. The first-order valence-corrected chi connectivity index (χ1v) is 6.63. The van der Waals surface area contributed by atoms with Gasteiger partial charge >= 0.3 is 5.97 Å². The van der Waals surface area contributed by atoms with Gasteiger partial charge in [-0.2, -0.15) is 5.26 Å². The molecule has 0 spiro atoms. The third kappa shape index (κ3) is 2.07. The Bertz CT molecular complexity index is 733. The van der Waals surface area contributed by atoms with E-state index in [0.717, 1.165) is 5.56 Å². The Morgan fingerprint density at radius 3 is 2.57 bits per heavy atom. The predicted molar refractivity (Wildman–Crippen MR) is 73.9 cm³/mol. The van der Waals surface area contributed by atoms with E-state index in [-0.39, 0.29) is 12.2 Å². The van der Waals surface area contributed by atoms with Gasteiger partial charge in [0, 0.05) is 24.0 Å². The van der Waals surface area contributed by atoms with Crippen molar-refractivity contribution in [3.05, 3.63) is 71.0 Å². The minimum absolute atomic E-state index is 0.235. The standard InChI is InChI=1S/C17H12FNO2/c18-13-8-6-12(7-9-13)17(10-3-11-19)15-5-2-1-4-14(15)16(20)21-17/h1-2,4-9H,3,10H2. The van der Waals surface area contributed by atoms with Gasteiger partial charge in [0.1, 0.15) is 5.82 Å². The lowest BCUT2D eigenvalue weighted by atomic mass is 9.82. The highest BCUT2D eigenvalue weighted by Gasteiger charge is 2.46. The molecule has 0 saturated carbocycles. The molecule has 0 saturated heterocycles. The second-order valence-electron chi connectivity index (χ2n) is 4.93. The van der Waals surface area contributed by atoms with Crippen LogP contribution in [-0.4, -0.2) is 5.97 Å². The average molecular weight is 281 g/mol. The molecule has 3 rings (SSSR count). The van der Waals surface area contributed by atoms with E-state index >= 15 is 0 Å². The van der Waals surface area contributed by atoms with Crippen LogP contribution in [0.15, 0.2) is 48.5 Å². The van der Waals surface area contributed by atoms with Crippen LogP contribution in [0.25, 0.3) is 0 Å². The smallest absolute Gasteiger partial charge is 0.339 e. The van der Waals surface area contributed by atoms with E-state index in [1.54, 1.807) is 24.3 Å². The van der Waals surface area contributed by atoms with Crippen LogP contribution in [0, 0.1) is 17.1 Å². The summed E-state index contributed by atoms with van der Waals surface area (Å²) in [6, 6.07) is 15.1. The maximum atomic E-state index is 13.2. The molecule has 0 aliphatic carbocycles. The Morgan fingerprint density at radius 1 is 1.14 bits per heavy atom. The molecule has 4 heteroatoms. The number of carbonyl (C=O) groups is 1. The Hall–Kier alpha value is -2.67. The summed E-state index contributed by atoms with van der Waals surface area (Å²) in [7, 11) is 0. The molecule has 0 N–H and O–H groups in total. The minimum Gasteiger partial charge on any atom is -0.446 e. The van der Waals surface area contributed by atoms with Gasteiger partial charge in [-0.25, -0.2) is 9.18 Å². The lowest BCUT2D eigenvalue weighted by molar-refractivity contribution is 0.00775.